The zero-order valence-corrected chi connectivity index (χ0v) is 7.03. The molecule has 1 rings (SSSR count). The third kappa shape index (κ3) is 1.90. The number of hydrogen-bond acceptors (Lipinski definition) is 2. The van der Waals surface area contributed by atoms with Gasteiger partial charge in [-0.1, -0.05) is 0 Å². The van der Waals surface area contributed by atoms with Crippen LogP contribution in [0.5, 0.6) is 0 Å². The van der Waals surface area contributed by atoms with Crippen LogP contribution in [-0.2, 0) is 4.79 Å². The topological polar surface area (TPSA) is 29.1 Å². The molecule has 0 saturated heterocycles. The van der Waals surface area contributed by atoms with Crippen LogP contribution in [0.4, 0.5) is 0 Å². The van der Waals surface area contributed by atoms with Gasteiger partial charge in [0, 0.05) is 6.04 Å². The van der Waals surface area contributed by atoms with Crippen molar-refractivity contribution < 1.29 is 4.79 Å². The number of thiol groups is 1. The summed E-state index contributed by atoms with van der Waals surface area (Å²) in [6.07, 6.45) is 3.55. The maximum atomic E-state index is 11.0. The Morgan fingerprint density at radius 2 is 2.30 bits per heavy atom. The van der Waals surface area contributed by atoms with Gasteiger partial charge in [-0.3, -0.25) is 4.79 Å². The molecule has 1 saturated carbocycles. The summed E-state index contributed by atoms with van der Waals surface area (Å²) in [6.45, 7) is 1.79. The van der Waals surface area contributed by atoms with Gasteiger partial charge in [0.05, 0.1) is 5.25 Å². The Kier molecular flexibility index (Phi) is 2.60. The lowest BCUT2D eigenvalue weighted by atomic mass is 9.93. The van der Waals surface area contributed by atoms with E-state index >= 15 is 0 Å². The smallest absolute Gasteiger partial charge is 0.232 e. The minimum absolute atomic E-state index is 0.0630. The highest BCUT2D eigenvalue weighted by atomic mass is 32.1. The number of nitrogens with one attached hydrogen (secondary N) is 1. The van der Waals surface area contributed by atoms with Crippen LogP contribution in [-0.4, -0.2) is 17.2 Å². The van der Waals surface area contributed by atoms with Crippen LogP contribution in [0.1, 0.15) is 26.2 Å². The highest BCUT2D eigenvalue weighted by molar-refractivity contribution is 7.81. The van der Waals surface area contributed by atoms with Crippen molar-refractivity contribution in [1.82, 2.24) is 5.32 Å². The zero-order valence-electron chi connectivity index (χ0n) is 6.13. The summed E-state index contributed by atoms with van der Waals surface area (Å²) in [6, 6.07) is 0.446. The summed E-state index contributed by atoms with van der Waals surface area (Å²) in [4.78, 5) is 11.0. The molecule has 1 unspecified atom stereocenters. The lowest BCUT2D eigenvalue weighted by Crippen LogP contribution is -2.42. The maximum absolute atomic E-state index is 11.0. The second-order valence-electron chi connectivity index (χ2n) is 2.81. The summed E-state index contributed by atoms with van der Waals surface area (Å²) in [5.41, 5.74) is 0. The van der Waals surface area contributed by atoms with Crippen molar-refractivity contribution in [2.75, 3.05) is 0 Å². The van der Waals surface area contributed by atoms with E-state index in [1.54, 1.807) is 6.92 Å². The van der Waals surface area contributed by atoms with Crippen LogP contribution in [0.25, 0.3) is 0 Å². The first-order chi connectivity index (χ1) is 4.70. The molecule has 3 heteroatoms. The molecule has 1 atom stereocenters. The van der Waals surface area contributed by atoms with Crippen LogP contribution >= 0.6 is 12.6 Å². The van der Waals surface area contributed by atoms with Crippen molar-refractivity contribution in [2.45, 2.75) is 37.5 Å². The number of amides is 1. The predicted molar refractivity (Wildman–Crippen MR) is 44.2 cm³/mol. The van der Waals surface area contributed by atoms with Crippen LogP contribution < -0.4 is 5.32 Å². The molecule has 0 aliphatic heterocycles. The van der Waals surface area contributed by atoms with E-state index < -0.39 is 0 Å². The molecule has 0 spiro atoms. The van der Waals surface area contributed by atoms with E-state index in [1.807, 2.05) is 0 Å². The third-order valence-electron chi connectivity index (χ3n) is 1.83. The molecule has 0 heterocycles. The largest absolute Gasteiger partial charge is 0.352 e. The molecule has 1 amide bonds. The average Bonchev–Trinajstić information content (AvgIpc) is 1.77. The van der Waals surface area contributed by atoms with E-state index in [4.69, 9.17) is 0 Å². The zero-order chi connectivity index (χ0) is 7.56. The fourth-order valence-electron chi connectivity index (χ4n) is 0.874. The lowest BCUT2D eigenvalue weighted by molar-refractivity contribution is -0.121. The van der Waals surface area contributed by atoms with Crippen molar-refractivity contribution in [2.24, 2.45) is 0 Å². The summed E-state index contributed by atoms with van der Waals surface area (Å²) in [5, 5.41) is 2.73. The normalized spacial score (nSPS) is 21.4. The van der Waals surface area contributed by atoms with Crippen LogP contribution in [0.15, 0.2) is 0 Å². The van der Waals surface area contributed by atoms with Gasteiger partial charge in [0.25, 0.3) is 0 Å². The highest BCUT2D eigenvalue weighted by Gasteiger charge is 2.20. The second-order valence-corrected chi connectivity index (χ2v) is 3.59. The van der Waals surface area contributed by atoms with E-state index in [0.29, 0.717) is 6.04 Å². The quantitative estimate of drug-likeness (QED) is 0.578. The third-order valence-corrected chi connectivity index (χ3v) is 2.07. The fraction of sp³-hybridized carbons (Fsp3) is 0.857. The minimum atomic E-state index is -0.166. The molecule has 0 aromatic rings. The Balaban J connectivity index is 2.17. The molecule has 0 aromatic heterocycles. The van der Waals surface area contributed by atoms with E-state index in [-0.39, 0.29) is 11.2 Å². The summed E-state index contributed by atoms with van der Waals surface area (Å²) < 4.78 is 0. The lowest BCUT2D eigenvalue weighted by Gasteiger charge is -2.26. The summed E-state index contributed by atoms with van der Waals surface area (Å²) >= 11 is 4.02. The molecule has 1 N–H and O–H groups in total. The Hall–Kier alpha value is -0.180. The Bertz CT molecular complexity index is 132. The van der Waals surface area contributed by atoms with Gasteiger partial charge >= 0.3 is 0 Å². The number of carbonyl (C=O) groups is 1. The maximum Gasteiger partial charge on any atom is 0.232 e. The molecule has 1 aliphatic carbocycles. The van der Waals surface area contributed by atoms with Crippen molar-refractivity contribution in [1.29, 1.82) is 0 Å². The predicted octanol–water partition coefficient (Wildman–Crippen LogP) is 0.973. The summed E-state index contributed by atoms with van der Waals surface area (Å²) in [5.74, 6) is 0.0630. The Morgan fingerprint density at radius 3 is 2.60 bits per heavy atom. The first-order valence-electron chi connectivity index (χ1n) is 3.68. The van der Waals surface area contributed by atoms with Gasteiger partial charge in [-0.2, -0.15) is 12.6 Å². The van der Waals surface area contributed by atoms with Crippen molar-refractivity contribution in [3.05, 3.63) is 0 Å². The highest BCUT2D eigenvalue weighted by Crippen LogP contribution is 2.18. The van der Waals surface area contributed by atoms with Gasteiger partial charge in [0.2, 0.25) is 5.91 Å². The molecule has 0 aromatic carbocycles. The monoisotopic (exact) mass is 159 g/mol. The van der Waals surface area contributed by atoms with E-state index in [0.717, 1.165) is 12.8 Å². The Morgan fingerprint density at radius 1 is 1.70 bits per heavy atom. The molecule has 10 heavy (non-hydrogen) atoms. The molecule has 2 nitrogen and oxygen atoms in total. The van der Waals surface area contributed by atoms with Gasteiger partial charge in [0.1, 0.15) is 0 Å². The van der Waals surface area contributed by atoms with Gasteiger partial charge in [-0.15, -0.1) is 0 Å². The second kappa shape index (κ2) is 3.28. The van der Waals surface area contributed by atoms with Gasteiger partial charge in [-0.05, 0) is 26.2 Å². The van der Waals surface area contributed by atoms with E-state index in [9.17, 15) is 4.79 Å². The average molecular weight is 159 g/mol. The molecule has 0 radical (unpaired) electrons. The van der Waals surface area contributed by atoms with Crippen LogP contribution in [0.3, 0.4) is 0 Å². The standard InChI is InChI=1S/C7H13NOS/c1-5(10)7(9)8-6-3-2-4-6/h5-6,10H,2-4H2,1H3,(H,8,9). The van der Waals surface area contributed by atoms with Crippen molar-refractivity contribution >= 4 is 18.5 Å². The van der Waals surface area contributed by atoms with Gasteiger partial charge < -0.3 is 5.32 Å². The number of rotatable bonds is 2. The summed E-state index contributed by atoms with van der Waals surface area (Å²) in [7, 11) is 0. The first kappa shape index (κ1) is 7.92. The van der Waals surface area contributed by atoms with Gasteiger partial charge in [0.15, 0.2) is 0 Å². The molecular formula is C7H13NOS. The fourth-order valence-corrected chi connectivity index (χ4v) is 0.949. The first-order valence-corrected chi connectivity index (χ1v) is 4.20. The van der Waals surface area contributed by atoms with Crippen molar-refractivity contribution in [3.8, 4) is 0 Å². The number of hydrogen-bond donors (Lipinski definition) is 2. The molecule has 58 valence electrons. The molecule has 0 bridgehead atoms. The van der Waals surface area contributed by atoms with Crippen molar-refractivity contribution in [3.63, 3.8) is 0 Å². The molecule has 1 aliphatic rings. The minimum Gasteiger partial charge on any atom is -0.352 e. The molecule has 1 fully saturated rings. The SMILES string of the molecule is CC(S)C(=O)NC1CCC1. The van der Waals surface area contributed by atoms with E-state index in [1.165, 1.54) is 6.42 Å². The van der Waals surface area contributed by atoms with Crippen LogP contribution in [0, 0.1) is 0 Å². The van der Waals surface area contributed by atoms with Crippen LogP contribution in [0.2, 0.25) is 0 Å². The van der Waals surface area contributed by atoms with Gasteiger partial charge in [-0.25, -0.2) is 0 Å². The number of carbonyl (C=O) groups excluding carboxylic acids is 1. The Labute approximate surface area is 66.8 Å². The molecular weight excluding hydrogens is 146 g/mol. The van der Waals surface area contributed by atoms with E-state index in [2.05, 4.69) is 17.9 Å².